The standard InChI is InChI=1S/C13H22N2O3S/c1-4-10(2)15(3)19(16,17)13-8-7-12(18-13)9-14-11-5-6-11/h7-8,10-11,14H,4-6,9H2,1-3H3. The molecule has 0 radical (unpaired) electrons. The molecule has 0 amide bonds. The number of nitrogens with zero attached hydrogens (tertiary/aromatic N) is 1. The SMILES string of the molecule is CCC(C)N(C)S(=O)(=O)c1ccc(CNC2CC2)o1. The Morgan fingerprint density at radius 2 is 2.16 bits per heavy atom. The Morgan fingerprint density at radius 1 is 1.47 bits per heavy atom. The third-order valence-electron chi connectivity index (χ3n) is 3.62. The number of hydrogen-bond donors (Lipinski definition) is 1. The van der Waals surface area contributed by atoms with Crippen molar-refractivity contribution in [3.05, 3.63) is 17.9 Å². The number of sulfonamides is 1. The zero-order valence-corrected chi connectivity index (χ0v) is 12.5. The third-order valence-corrected chi connectivity index (χ3v) is 5.47. The van der Waals surface area contributed by atoms with E-state index in [9.17, 15) is 8.42 Å². The molecule has 1 aromatic rings. The van der Waals surface area contributed by atoms with E-state index >= 15 is 0 Å². The molecule has 5 nitrogen and oxygen atoms in total. The van der Waals surface area contributed by atoms with E-state index in [1.54, 1.807) is 13.1 Å². The van der Waals surface area contributed by atoms with Gasteiger partial charge in [-0.15, -0.1) is 0 Å². The van der Waals surface area contributed by atoms with E-state index in [2.05, 4.69) is 5.32 Å². The summed E-state index contributed by atoms with van der Waals surface area (Å²) >= 11 is 0. The van der Waals surface area contributed by atoms with Gasteiger partial charge >= 0.3 is 0 Å². The van der Waals surface area contributed by atoms with Gasteiger partial charge in [-0.05, 0) is 38.3 Å². The summed E-state index contributed by atoms with van der Waals surface area (Å²) in [6.45, 7) is 4.44. The van der Waals surface area contributed by atoms with E-state index in [-0.39, 0.29) is 11.1 Å². The van der Waals surface area contributed by atoms with Gasteiger partial charge in [-0.1, -0.05) is 6.92 Å². The van der Waals surface area contributed by atoms with E-state index in [4.69, 9.17) is 4.42 Å². The molecule has 0 aliphatic heterocycles. The molecule has 0 spiro atoms. The molecule has 1 aliphatic rings. The Kier molecular flexibility index (Phi) is 4.32. The minimum Gasteiger partial charge on any atom is -0.447 e. The first kappa shape index (κ1) is 14.6. The van der Waals surface area contributed by atoms with Crippen LogP contribution in [0.4, 0.5) is 0 Å². The van der Waals surface area contributed by atoms with Crippen LogP contribution in [0.5, 0.6) is 0 Å². The summed E-state index contributed by atoms with van der Waals surface area (Å²) in [7, 11) is -1.92. The van der Waals surface area contributed by atoms with Crippen molar-refractivity contribution in [3.63, 3.8) is 0 Å². The van der Waals surface area contributed by atoms with Gasteiger partial charge in [0.15, 0.2) is 0 Å². The predicted octanol–water partition coefficient (Wildman–Crippen LogP) is 1.95. The number of hydrogen-bond acceptors (Lipinski definition) is 4. The number of rotatable bonds is 7. The molecule has 1 aromatic heterocycles. The van der Waals surface area contributed by atoms with Crippen molar-refractivity contribution >= 4 is 10.0 Å². The second-order valence-corrected chi connectivity index (χ2v) is 7.08. The van der Waals surface area contributed by atoms with E-state index in [1.807, 2.05) is 13.8 Å². The molecular formula is C13H22N2O3S. The van der Waals surface area contributed by atoms with Crippen LogP contribution in [0, 0.1) is 0 Å². The largest absolute Gasteiger partial charge is 0.447 e. The molecule has 0 bridgehead atoms. The van der Waals surface area contributed by atoms with Crippen molar-refractivity contribution in [1.29, 1.82) is 0 Å². The van der Waals surface area contributed by atoms with Gasteiger partial charge in [-0.2, -0.15) is 4.31 Å². The highest BCUT2D eigenvalue weighted by atomic mass is 32.2. The molecule has 19 heavy (non-hydrogen) atoms. The van der Waals surface area contributed by atoms with Crippen molar-refractivity contribution in [3.8, 4) is 0 Å². The van der Waals surface area contributed by atoms with Crippen molar-refractivity contribution in [2.75, 3.05) is 7.05 Å². The van der Waals surface area contributed by atoms with E-state index < -0.39 is 10.0 Å². The van der Waals surface area contributed by atoms with Crippen LogP contribution < -0.4 is 5.32 Å². The molecule has 108 valence electrons. The number of furan rings is 1. The maximum atomic E-state index is 12.3. The first-order chi connectivity index (χ1) is 8.95. The first-order valence-corrected chi connectivity index (χ1v) is 8.19. The Morgan fingerprint density at radius 3 is 2.74 bits per heavy atom. The van der Waals surface area contributed by atoms with Gasteiger partial charge in [-0.25, -0.2) is 8.42 Å². The fourth-order valence-electron chi connectivity index (χ4n) is 1.76. The highest BCUT2D eigenvalue weighted by molar-refractivity contribution is 7.89. The fraction of sp³-hybridized carbons (Fsp3) is 0.692. The Hall–Kier alpha value is -0.850. The second kappa shape index (κ2) is 5.64. The predicted molar refractivity (Wildman–Crippen MR) is 73.3 cm³/mol. The van der Waals surface area contributed by atoms with Gasteiger partial charge < -0.3 is 9.73 Å². The zero-order chi connectivity index (χ0) is 14.0. The van der Waals surface area contributed by atoms with Gasteiger partial charge in [0.25, 0.3) is 10.0 Å². The normalized spacial score (nSPS) is 17.9. The van der Waals surface area contributed by atoms with Crippen LogP contribution in [0.2, 0.25) is 0 Å². The summed E-state index contributed by atoms with van der Waals surface area (Å²) in [5.41, 5.74) is 0. The lowest BCUT2D eigenvalue weighted by atomic mass is 10.3. The Bertz CT molecular complexity index is 520. The van der Waals surface area contributed by atoms with Gasteiger partial charge in [0.05, 0.1) is 6.54 Å². The van der Waals surface area contributed by atoms with E-state index in [1.165, 1.54) is 23.2 Å². The minimum atomic E-state index is -3.51. The van der Waals surface area contributed by atoms with Crippen molar-refractivity contribution in [1.82, 2.24) is 9.62 Å². The van der Waals surface area contributed by atoms with Crippen LogP contribution in [-0.2, 0) is 16.6 Å². The molecule has 1 unspecified atom stereocenters. The summed E-state index contributed by atoms with van der Waals surface area (Å²) in [6.07, 6.45) is 3.16. The highest BCUT2D eigenvalue weighted by Gasteiger charge is 2.28. The van der Waals surface area contributed by atoms with E-state index in [0.717, 1.165) is 6.42 Å². The molecule has 1 N–H and O–H groups in total. The lowest BCUT2D eigenvalue weighted by Crippen LogP contribution is -2.34. The molecule has 1 heterocycles. The van der Waals surface area contributed by atoms with Crippen LogP contribution in [0.15, 0.2) is 21.6 Å². The summed E-state index contributed by atoms with van der Waals surface area (Å²) in [6, 6.07) is 3.81. The lowest BCUT2D eigenvalue weighted by Gasteiger charge is -2.21. The van der Waals surface area contributed by atoms with Gasteiger partial charge in [0.1, 0.15) is 5.76 Å². The van der Waals surface area contributed by atoms with E-state index in [0.29, 0.717) is 18.3 Å². The Labute approximate surface area is 115 Å². The van der Waals surface area contributed by atoms with Crippen molar-refractivity contribution < 1.29 is 12.8 Å². The summed E-state index contributed by atoms with van der Waals surface area (Å²) < 4.78 is 31.4. The average molecular weight is 286 g/mol. The summed E-state index contributed by atoms with van der Waals surface area (Å²) in [5, 5.41) is 3.33. The van der Waals surface area contributed by atoms with Crippen molar-refractivity contribution in [2.24, 2.45) is 0 Å². The van der Waals surface area contributed by atoms with Crippen LogP contribution >= 0.6 is 0 Å². The summed E-state index contributed by atoms with van der Waals surface area (Å²) in [5.74, 6) is 0.669. The second-order valence-electron chi connectivity index (χ2n) is 5.15. The number of nitrogens with one attached hydrogen (secondary N) is 1. The molecule has 1 aliphatic carbocycles. The van der Waals surface area contributed by atoms with Gasteiger partial charge in [-0.3, -0.25) is 0 Å². The lowest BCUT2D eigenvalue weighted by molar-refractivity contribution is 0.347. The molecule has 2 rings (SSSR count). The molecule has 0 saturated heterocycles. The van der Waals surface area contributed by atoms with Crippen LogP contribution in [0.3, 0.4) is 0 Å². The maximum Gasteiger partial charge on any atom is 0.276 e. The van der Waals surface area contributed by atoms with Crippen LogP contribution in [0.25, 0.3) is 0 Å². The fourth-order valence-corrected chi connectivity index (χ4v) is 3.12. The minimum absolute atomic E-state index is 0.0305. The Balaban J connectivity index is 2.07. The molecule has 1 atom stereocenters. The van der Waals surface area contributed by atoms with Crippen LogP contribution in [-0.4, -0.2) is 31.9 Å². The molecular weight excluding hydrogens is 264 g/mol. The average Bonchev–Trinajstić information content (AvgIpc) is 3.10. The smallest absolute Gasteiger partial charge is 0.276 e. The maximum absolute atomic E-state index is 12.3. The first-order valence-electron chi connectivity index (χ1n) is 6.75. The third kappa shape index (κ3) is 3.38. The van der Waals surface area contributed by atoms with Gasteiger partial charge in [0.2, 0.25) is 5.09 Å². The summed E-state index contributed by atoms with van der Waals surface area (Å²) in [4.78, 5) is 0. The highest BCUT2D eigenvalue weighted by Crippen LogP contribution is 2.22. The monoisotopic (exact) mass is 286 g/mol. The molecule has 0 aromatic carbocycles. The molecule has 6 heteroatoms. The molecule has 1 saturated carbocycles. The van der Waals surface area contributed by atoms with Crippen molar-refractivity contribution in [2.45, 2.75) is 56.8 Å². The zero-order valence-electron chi connectivity index (χ0n) is 11.7. The van der Waals surface area contributed by atoms with Gasteiger partial charge in [0, 0.05) is 19.1 Å². The quantitative estimate of drug-likeness (QED) is 0.832. The molecule has 1 fully saturated rings. The topological polar surface area (TPSA) is 62.6 Å². The van der Waals surface area contributed by atoms with Crippen LogP contribution in [0.1, 0.15) is 38.9 Å².